The summed E-state index contributed by atoms with van der Waals surface area (Å²) in [5.74, 6) is 0. The molecule has 0 aliphatic carbocycles. The quantitative estimate of drug-likeness (QED) is 0.372. The highest BCUT2D eigenvalue weighted by Gasteiger charge is 2.13. The maximum atomic E-state index is 10.6. The molecule has 0 unspecified atom stereocenters. The third-order valence-electron chi connectivity index (χ3n) is 1.60. The number of hydrogen-bond donors (Lipinski definition) is 0. The van der Waals surface area contributed by atoms with Crippen LogP contribution in [0, 0.1) is 13.8 Å². The second-order valence-corrected chi connectivity index (χ2v) is 3.71. The lowest BCUT2D eigenvalue weighted by atomic mass is 10.2. The maximum absolute atomic E-state index is 10.6. The number of aryl methyl sites for hydroxylation is 1. The predicted molar refractivity (Wildman–Crippen MR) is 57.6 cm³/mol. The molecule has 0 amide bonds. The topological polar surface area (TPSA) is 56.0 Å². The molecule has 0 aromatic carbocycles. The number of pyridine rings is 1. The van der Waals surface area contributed by atoms with Crippen LogP contribution in [0.5, 0.6) is 0 Å². The highest BCUT2D eigenvalue weighted by atomic mass is 127. The van der Waals surface area contributed by atoms with Crippen LogP contribution in [0.1, 0.15) is 19.0 Å². The van der Waals surface area contributed by atoms with E-state index in [2.05, 4.69) is 27.6 Å². The normalized spacial score (nSPS) is 10.0. The van der Waals surface area contributed by atoms with Crippen molar-refractivity contribution in [3.05, 3.63) is 31.6 Å². The zero-order chi connectivity index (χ0) is 9.84. The first kappa shape index (κ1) is 10.4. The van der Waals surface area contributed by atoms with Crippen molar-refractivity contribution in [2.45, 2.75) is 19.8 Å². The molecule has 0 fully saturated rings. The van der Waals surface area contributed by atoms with E-state index >= 15 is 0 Å². The number of nitro groups is 1. The molecule has 1 aromatic heterocycles. The fraction of sp³-hybridized carbons (Fsp3) is 0.375. The molecule has 0 radical (unpaired) electrons. The molecule has 70 valence electrons. The molecule has 0 aliphatic rings. The van der Waals surface area contributed by atoms with Gasteiger partial charge in [0.15, 0.2) is 0 Å². The van der Waals surface area contributed by atoms with Gasteiger partial charge in [0, 0.05) is 6.07 Å². The van der Waals surface area contributed by atoms with Crippen molar-refractivity contribution in [2.75, 3.05) is 0 Å². The Kier molecular flexibility index (Phi) is 3.58. The van der Waals surface area contributed by atoms with E-state index in [9.17, 15) is 10.1 Å². The van der Waals surface area contributed by atoms with Crippen LogP contribution in [0.2, 0.25) is 0 Å². The van der Waals surface area contributed by atoms with E-state index in [-0.39, 0.29) is 10.6 Å². The highest BCUT2D eigenvalue weighted by molar-refractivity contribution is 14.1. The molecule has 1 aromatic rings. The second kappa shape index (κ2) is 4.50. The molecule has 1 rings (SSSR count). The van der Waals surface area contributed by atoms with Gasteiger partial charge in [0.05, 0.1) is 4.92 Å². The van der Waals surface area contributed by atoms with Crippen molar-refractivity contribution in [1.82, 2.24) is 4.98 Å². The van der Waals surface area contributed by atoms with E-state index in [0.717, 1.165) is 10.1 Å². The fourth-order valence-electron chi connectivity index (χ4n) is 1.05. The summed E-state index contributed by atoms with van der Waals surface area (Å²) in [6.45, 7) is 1.98. The monoisotopic (exact) mass is 292 g/mol. The van der Waals surface area contributed by atoms with Crippen molar-refractivity contribution in [1.29, 1.82) is 0 Å². The van der Waals surface area contributed by atoms with Crippen LogP contribution in [-0.4, -0.2) is 9.91 Å². The number of nitrogens with zero attached hydrogens (tertiary/aromatic N) is 2. The third kappa shape index (κ3) is 2.61. The van der Waals surface area contributed by atoms with Crippen molar-refractivity contribution in [3.8, 4) is 0 Å². The van der Waals surface area contributed by atoms with E-state index in [1.54, 1.807) is 6.07 Å². The number of rotatable bonds is 3. The summed E-state index contributed by atoms with van der Waals surface area (Å²) in [7, 11) is 0. The summed E-state index contributed by atoms with van der Waals surface area (Å²) in [5, 5.41) is 10.6. The number of halogens is 1. The Morgan fingerprint density at radius 3 is 2.85 bits per heavy atom. The van der Waals surface area contributed by atoms with Crippen LogP contribution in [0.4, 0.5) is 5.69 Å². The molecule has 0 bridgehead atoms. The summed E-state index contributed by atoms with van der Waals surface area (Å²) in [5.41, 5.74) is 0.710. The first-order chi connectivity index (χ1) is 6.15. The third-order valence-corrected chi connectivity index (χ3v) is 2.20. The average Bonchev–Trinajstić information content (AvgIpc) is 2.04. The standard InChI is InChI=1S/C8H9IN2O2/c1-2-3-6-7(11(12)13)4-5-8(9)10-6/h4-5H,2-3H2,1H3. The summed E-state index contributed by atoms with van der Waals surface area (Å²) < 4.78 is 0.798. The number of aromatic nitrogens is 1. The zero-order valence-electron chi connectivity index (χ0n) is 7.16. The van der Waals surface area contributed by atoms with E-state index in [0.29, 0.717) is 12.1 Å². The first-order valence-electron chi connectivity index (χ1n) is 3.95. The van der Waals surface area contributed by atoms with Gasteiger partial charge in [-0.05, 0) is 35.1 Å². The van der Waals surface area contributed by atoms with Crippen molar-refractivity contribution in [2.24, 2.45) is 0 Å². The van der Waals surface area contributed by atoms with E-state index in [1.165, 1.54) is 6.07 Å². The van der Waals surface area contributed by atoms with E-state index < -0.39 is 0 Å². The minimum atomic E-state index is -0.381. The molecule has 0 saturated carbocycles. The zero-order valence-corrected chi connectivity index (χ0v) is 9.32. The molecular formula is C8H9IN2O2. The molecule has 0 atom stereocenters. The molecule has 0 aliphatic heterocycles. The summed E-state index contributed by atoms with van der Waals surface area (Å²) in [6.07, 6.45) is 1.53. The van der Waals surface area contributed by atoms with Crippen LogP contribution in [-0.2, 0) is 6.42 Å². The minimum Gasteiger partial charge on any atom is -0.258 e. The number of hydrogen-bond acceptors (Lipinski definition) is 3. The smallest absolute Gasteiger partial charge is 0.258 e. The van der Waals surface area contributed by atoms with Crippen molar-refractivity contribution < 1.29 is 4.92 Å². The lowest BCUT2D eigenvalue weighted by molar-refractivity contribution is -0.386. The first-order valence-corrected chi connectivity index (χ1v) is 5.03. The van der Waals surface area contributed by atoms with Crippen LogP contribution in [0.25, 0.3) is 0 Å². The van der Waals surface area contributed by atoms with Crippen molar-refractivity contribution >= 4 is 28.3 Å². The van der Waals surface area contributed by atoms with Gasteiger partial charge in [-0.25, -0.2) is 4.98 Å². The highest BCUT2D eigenvalue weighted by Crippen LogP contribution is 2.18. The lowest BCUT2D eigenvalue weighted by Crippen LogP contribution is -1.99. The Hall–Kier alpha value is -0.720. The molecule has 5 heteroatoms. The van der Waals surface area contributed by atoms with Gasteiger partial charge >= 0.3 is 0 Å². The van der Waals surface area contributed by atoms with Gasteiger partial charge in [-0.15, -0.1) is 0 Å². The van der Waals surface area contributed by atoms with E-state index in [1.807, 2.05) is 6.92 Å². The Bertz CT molecular complexity index is 328. The summed E-state index contributed by atoms with van der Waals surface area (Å²) >= 11 is 2.05. The Balaban J connectivity index is 3.10. The molecule has 0 N–H and O–H groups in total. The largest absolute Gasteiger partial charge is 0.290 e. The fourth-order valence-corrected chi connectivity index (χ4v) is 1.53. The average molecular weight is 292 g/mol. The van der Waals surface area contributed by atoms with Crippen LogP contribution in [0.3, 0.4) is 0 Å². The predicted octanol–water partition coefficient (Wildman–Crippen LogP) is 2.55. The van der Waals surface area contributed by atoms with Gasteiger partial charge in [-0.2, -0.15) is 0 Å². The van der Waals surface area contributed by atoms with Gasteiger partial charge < -0.3 is 0 Å². The molecule has 0 spiro atoms. The maximum Gasteiger partial charge on any atom is 0.290 e. The Morgan fingerprint density at radius 2 is 2.31 bits per heavy atom. The lowest BCUT2D eigenvalue weighted by Gasteiger charge is -1.99. The minimum absolute atomic E-state index is 0.127. The summed E-state index contributed by atoms with van der Waals surface area (Å²) in [4.78, 5) is 14.3. The molecule has 4 nitrogen and oxygen atoms in total. The summed E-state index contributed by atoms with van der Waals surface area (Å²) in [6, 6.07) is 3.16. The second-order valence-electron chi connectivity index (χ2n) is 2.61. The van der Waals surface area contributed by atoms with Gasteiger partial charge in [0.1, 0.15) is 9.39 Å². The SMILES string of the molecule is CCCc1nc(I)ccc1[N+](=O)[O-]. The molecular weight excluding hydrogens is 283 g/mol. The Morgan fingerprint density at radius 1 is 1.62 bits per heavy atom. The Labute approximate surface area is 89.7 Å². The van der Waals surface area contributed by atoms with Gasteiger partial charge in [0.2, 0.25) is 0 Å². The van der Waals surface area contributed by atoms with Crippen LogP contribution in [0.15, 0.2) is 12.1 Å². The molecule has 0 saturated heterocycles. The molecule has 13 heavy (non-hydrogen) atoms. The van der Waals surface area contributed by atoms with Crippen molar-refractivity contribution in [3.63, 3.8) is 0 Å². The van der Waals surface area contributed by atoms with Gasteiger partial charge in [-0.1, -0.05) is 13.3 Å². The van der Waals surface area contributed by atoms with Crippen LogP contribution < -0.4 is 0 Å². The molecule has 1 heterocycles. The van der Waals surface area contributed by atoms with Crippen LogP contribution >= 0.6 is 22.6 Å². The van der Waals surface area contributed by atoms with Gasteiger partial charge in [-0.3, -0.25) is 10.1 Å². The van der Waals surface area contributed by atoms with Gasteiger partial charge in [0.25, 0.3) is 5.69 Å². The van der Waals surface area contributed by atoms with E-state index in [4.69, 9.17) is 0 Å².